The average Bonchev–Trinajstić information content (AvgIpc) is 2.02. The summed E-state index contributed by atoms with van der Waals surface area (Å²) in [5, 5.41) is 12.3. The molecule has 80 valence electrons. The summed E-state index contributed by atoms with van der Waals surface area (Å²) in [6.45, 7) is 7.63. The summed E-state index contributed by atoms with van der Waals surface area (Å²) in [7, 11) is 0. The number of nitrogens with one attached hydrogen (secondary N) is 1. The Morgan fingerprint density at radius 2 is 2.00 bits per heavy atom. The fourth-order valence-corrected chi connectivity index (χ4v) is 0.784. The first-order valence-electron chi connectivity index (χ1n) is 4.78. The summed E-state index contributed by atoms with van der Waals surface area (Å²) in [6.07, 6.45) is -0.445. The van der Waals surface area contributed by atoms with Gasteiger partial charge in [-0.25, -0.2) is 0 Å². The topological polar surface area (TPSA) is 67.5 Å². The van der Waals surface area contributed by atoms with E-state index in [1.165, 1.54) is 0 Å². The van der Waals surface area contributed by atoms with Gasteiger partial charge in [0.2, 0.25) is 0 Å². The van der Waals surface area contributed by atoms with Gasteiger partial charge in [-0.3, -0.25) is 5.32 Å². The van der Waals surface area contributed by atoms with Crippen molar-refractivity contribution >= 4 is 0 Å². The van der Waals surface area contributed by atoms with E-state index in [0.717, 1.165) is 0 Å². The molecule has 4 heteroatoms. The van der Waals surface area contributed by atoms with Crippen LogP contribution in [-0.4, -0.2) is 37.1 Å². The van der Waals surface area contributed by atoms with E-state index >= 15 is 0 Å². The molecule has 4 N–H and O–H groups in total. The lowest BCUT2D eigenvalue weighted by atomic mass is 10.2. The SMILES string of the molecule is CC(N)COCCNC(O)C(C)C. The highest BCUT2D eigenvalue weighted by atomic mass is 16.5. The first-order chi connectivity index (χ1) is 6.04. The number of hydrogen-bond acceptors (Lipinski definition) is 4. The first kappa shape index (κ1) is 12.8. The van der Waals surface area contributed by atoms with Gasteiger partial charge in [-0.15, -0.1) is 0 Å². The van der Waals surface area contributed by atoms with E-state index in [1.807, 2.05) is 20.8 Å². The van der Waals surface area contributed by atoms with Gasteiger partial charge < -0.3 is 15.6 Å². The van der Waals surface area contributed by atoms with E-state index in [0.29, 0.717) is 19.8 Å². The Balaban J connectivity index is 3.16. The van der Waals surface area contributed by atoms with Gasteiger partial charge in [0.05, 0.1) is 13.2 Å². The number of aliphatic hydroxyl groups is 1. The van der Waals surface area contributed by atoms with Crippen molar-refractivity contribution in [2.45, 2.75) is 33.0 Å². The molecule has 0 amide bonds. The molecule has 0 rings (SSSR count). The zero-order valence-corrected chi connectivity index (χ0v) is 8.79. The lowest BCUT2D eigenvalue weighted by Crippen LogP contribution is -2.36. The Bertz CT molecular complexity index is 118. The molecule has 0 saturated carbocycles. The maximum Gasteiger partial charge on any atom is 0.107 e. The van der Waals surface area contributed by atoms with Gasteiger partial charge in [0.25, 0.3) is 0 Å². The molecular formula is C9H22N2O2. The largest absolute Gasteiger partial charge is 0.379 e. The van der Waals surface area contributed by atoms with Crippen molar-refractivity contribution in [2.24, 2.45) is 11.7 Å². The van der Waals surface area contributed by atoms with E-state index in [2.05, 4.69) is 5.32 Å². The molecule has 0 aromatic carbocycles. The fraction of sp³-hybridized carbons (Fsp3) is 1.00. The normalized spacial score (nSPS) is 16.2. The molecule has 0 saturated heterocycles. The van der Waals surface area contributed by atoms with Crippen LogP contribution in [0.15, 0.2) is 0 Å². The van der Waals surface area contributed by atoms with Crippen molar-refractivity contribution in [3.05, 3.63) is 0 Å². The zero-order valence-electron chi connectivity index (χ0n) is 8.79. The summed E-state index contributed by atoms with van der Waals surface area (Å²) in [5.41, 5.74) is 5.49. The number of rotatable bonds is 7. The summed E-state index contributed by atoms with van der Waals surface area (Å²) < 4.78 is 5.23. The second kappa shape index (κ2) is 7.26. The number of nitrogens with two attached hydrogens (primary N) is 1. The van der Waals surface area contributed by atoms with E-state index in [-0.39, 0.29) is 12.0 Å². The molecule has 0 spiro atoms. The smallest absolute Gasteiger partial charge is 0.107 e. The third-order valence-corrected chi connectivity index (χ3v) is 1.61. The van der Waals surface area contributed by atoms with Gasteiger partial charge in [0.1, 0.15) is 6.23 Å². The van der Waals surface area contributed by atoms with Crippen LogP contribution < -0.4 is 11.1 Å². The molecule has 0 aliphatic heterocycles. The van der Waals surface area contributed by atoms with Crippen LogP contribution in [0.25, 0.3) is 0 Å². The number of ether oxygens (including phenoxy) is 1. The van der Waals surface area contributed by atoms with Crippen molar-refractivity contribution in [1.82, 2.24) is 5.32 Å². The molecule has 0 radical (unpaired) electrons. The predicted molar refractivity (Wildman–Crippen MR) is 53.3 cm³/mol. The highest BCUT2D eigenvalue weighted by Crippen LogP contribution is 1.95. The minimum atomic E-state index is -0.445. The Kier molecular flexibility index (Phi) is 7.17. The molecule has 0 aromatic heterocycles. The molecule has 0 aliphatic carbocycles. The number of aliphatic hydroxyl groups excluding tert-OH is 1. The summed E-state index contributed by atoms with van der Waals surface area (Å²) in [6, 6.07) is 0.0787. The Labute approximate surface area is 80.5 Å². The molecule has 0 heterocycles. The number of hydrogen-bond donors (Lipinski definition) is 3. The molecule has 4 nitrogen and oxygen atoms in total. The minimum absolute atomic E-state index is 0.0787. The zero-order chi connectivity index (χ0) is 10.3. The highest BCUT2D eigenvalue weighted by Gasteiger charge is 2.06. The standard InChI is InChI=1S/C9H22N2O2/c1-7(2)9(12)11-4-5-13-6-8(3)10/h7-9,11-12H,4-6,10H2,1-3H3. The summed E-state index contributed by atoms with van der Waals surface area (Å²) >= 11 is 0. The van der Waals surface area contributed by atoms with Crippen LogP contribution in [0.5, 0.6) is 0 Å². The molecule has 0 bridgehead atoms. The Morgan fingerprint density at radius 3 is 2.46 bits per heavy atom. The summed E-state index contributed by atoms with van der Waals surface area (Å²) in [4.78, 5) is 0. The Hall–Kier alpha value is -0.160. The maximum absolute atomic E-state index is 9.34. The van der Waals surface area contributed by atoms with Crippen LogP contribution in [0.3, 0.4) is 0 Å². The van der Waals surface area contributed by atoms with Gasteiger partial charge in [0.15, 0.2) is 0 Å². The van der Waals surface area contributed by atoms with Gasteiger partial charge in [0, 0.05) is 12.6 Å². The molecule has 2 atom stereocenters. The van der Waals surface area contributed by atoms with Crippen LogP contribution in [0.2, 0.25) is 0 Å². The second-order valence-corrected chi connectivity index (χ2v) is 3.70. The van der Waals surface area contributed by atoms with Gasteiger partial charge >= 0.3 is 0 Å². The molecule has 13 heavy (non-hydrogen) atoms. The third kappa shape index (κ3) is 8.18. The molecule has 2 unspecified atom stereocenters. The van der Waals surface area contributed by atoms with E-state index < -0.39 is 6.23 Å². The lowest BCUT2D eigenvalue weighted by Gasteiger charge is -2.16. The van der Waals surface area contributed by atoms with Crippen molar-refractivity contribution in [3.8, 4) is 0 Å². The van der Waals surface area contributed by atoms with Crippen molar-refractivity contribution in [2.75, 3.05) is 19.8 Å². The van der Waals surface area contributed by atoms with Crippen LogP contribution in [0, 0.1) is 5.92 Å². The Morgan fingerprint density at radius 1 is 1.38 bits per heavy atom. The lowest BCUT2D eigenvalue weighted by molar-refractivity contribution is 0.0689. The van der Waals surface area contributed by atoms with Crippen molar-refractivity contribution < 1.29 is 9.84 Å². The van der Waals surface area contributed by atoms with Gasteiger partial charge in [-0.2, -0.15) is 0 Å². The van der Waals surface area contributed by atoms with Gasteiger partial charge in [-0.1, -0.05) is 13.8 Å². The molecule has 0 aromatic rings. The van der Waals surface area contributed by atoms with Crippen molar-refractivity contribution in [3.63, 3.8) is 0 Å². The maximum atomic E-state index is 9.34. The van der Waals surface area contributed by atoms with Crippen LogP contribution in [0.1, 0.15) is 20.8 Å². The molecule has 0 fully saturated rings. The first-order valence-corrected chi connectivity index (χ1v) is 4.78. The highest BCUT2D eigenvalue weighted by molar-refractivity contribution is 4.57. The van der Waals surface area contributed by atoms with Crippen LogP contribution in [0.4, 0.5) is 0 Å². The van der Waals surface area contributed by atoms with E-state index in [1.54, 1.807) is 0 Å². The monoisotopic (exact) mass is 190 g/mol. The second-order valence-electron chi connectivity index (χ2n) is 3.70. The average molecular weight is 190 g/mol. The van der Waals surface area contributed by atoms with Crippen molar-refractivity contribution in [1.29, 1.82) is 0 Å². The molecular weight excluding hydrogens is 168 g/mol. The third-order valence-electron chi connectivity index (χ3n) is 1.61. The van der Waals surface area contributed by atoms with Crippen LogP contribution in [-0.2, 0) is 4.74 Å². The fourth-order valence-electron chi connectivity index (χ4n) is 0.784. The van der Waals surface area contributed by atoms with E-state index in [4.69, 9.17) is 10.5 Å². The summed E-state index contributed by atoms with van der Waals surface area (Å²) in [5.74, 6) is 0.230. The quantitative estimate of drug-likeness (QED) is 0.388. The predicted octanol–water partition coefficient (Wildman–Crippen LogP) is -0.0858. The van der Waals surface area contributed by atoms with Gasteiger partial charge in [-0.05, 0) is 12.8 Å². The van der Waals surface area contributed by atoms with E-state index in [9.17, 15) is 5.11 Å². The van der Waals surface area contributed by atoms with Crippen LogP contribution >= 0.6 is 0 Å². The minimum Gasteiger partial charge on any atom is -0.379 e. The molecule has 0 aliphatic rings.